The molecule has 2 fully saturated rings. The molecule has 0 aromatic heterocycles. The van der Waals surface area contributed by atoms with E-state index in [4.69, 9.17) is 0 Å². The molecule has 0 bridgehead atoms. The number of fused-ring (bicyclic) bond motifs is 1. The number of carbonyl (C=O) groups is 1. The number of carbonyl (C=O) groups excluding carboxylic acids is 1. The first-order valence-corrected chi connectivity index (χ1v) is 5.87. The molecule has 0 aliphatic heterocycles. The van der Waals surface area contributed by atoms with E-state index in [-0.39, 0.29) is 4.83 Å². The number of ketones is 1. The van der Waals surface area contributed by atoms with Gasteiger partial charge in [0.15, 0.2) is 0 Å². The maximum atomic E-state index is 11.4. The zero-order chi connectivity index (χ0) is 8.55. The van der Waals surface area contributed by atoms with Crippen molar-refractivity contribution in [3.05, 3.63) is 0 Å². The summed E-state index contributed by atoms with van der Waals surface area (Å²) in [4.78, 5) is 11.6. The van der Waals surface area contributed by atoms with Crippen molar-refractivity contribution < 1.29 is 4.79 Å². The van der Waals surface area contributed by atoms with Crippen molar-refractivity contribution in [1.29, 1.82) is 0 Å². The van der Waals surface area contributed by atoms with E-state index in [2.05, 4.69) is 15.9 Å². The molecule has 2 saturated carbocycles. The predicted molar refractivity (Wildman–Crippen MR) is 52.4 cm³/mol. The summed E-state index contributed by atoms with van der Waals surface area (Å²) in [6.07, 6.45) is 7.32. The minimum absolute atomic E-state index is 0.191. The van der Waals surface area contributed by atoms with E-state index in [9.17, 15) is 4.79 Å². The van der Waals surface area contributed by atoms with Gasteiger partial charge in [-0.1, -0.05) is 35.2 Å². The Bertz CT molecular complexity index is 190. The SMILES string of the molecule is O=C1CC[C@H]2CCCC[C@@H]2[C@H]1Br. The highest BCUT2D eigenvalue weighted by atomic mass is 79.9. The molecule has 2 aliphatic rings. The number of hydrogen-bond donors (Lipinski definition) is 0. The van der Waals surface area contributed by atoms with Gasteiger partial charge >= 0.3 is 0 Å². The van der Waals surface area contributed by atoms with E-state index in [0.717, 1.165) is 18.8 Å². The van der Waals surface area contributed by atoms with Gasteiger partial charge < -0.3 is 0 Å². The third-order valence-electron chi connectivity index (χ3n) is 3.41. The summed E-state index contributed by atoms with van der Waals surface area (Å²) in [7, 11) is 0. The van der Waals surface area contributed by atoms with Crippen LogP contribution in [0.15, 0.2) is 0 Å². The molecular formula is C10H15BrO. The van der Waals surface area contributed by atoms with Crippen LogP contribution < -0.4 is 0 Å². The van der Waals surface area contributed by atoms with E-state index >= 15 is 0 Å². The van der Waals surface area contributed by atoms with Crippen molar-refractivity contribution in [1.82, 2.24) is 0 Å². The minimum Gasteiger partial charge on any atom is -0.298 e. The average molecular weight is 231 g/mol. The normalized spacial score (nSPS) is 42.4. The third-order valence-corrected chi connectivity index (χ3v) is 4.60. The van der Waals surface area contributed by atoms with E-state index in [1.807, 2.05) is 0 Å². The Labute approximate surface area is 82.0 Å². The second-order valence-electron chi connectivity index (χ2n) is 4.12. The Balaban J connectivity index is 2.08. The fourth-order valence-electron chi connectivity index (χ4n) is 2.68. The molecule has 2 heteroatoms. The first-order chi connectivity index (χ1) is 5.79. The van der Waals surface area contributed by atoms with Gasteiger partial charge in [-0.25, -0.2) is 0 Å². The van der Waals surface area contributed by atoms with Crippen LogP contribution in [0, 0.1) is 11.8 Å². The van der Waals surface area contributed by atoms with Gasteiger partial charge in [-0.15, -0.1) is 0 Å². The summed E-state index contributed by atoms with van der Waals surface area (Å²) < 4.78 is 0. The topological polar surface area (TPSA) is 17.1 Å². The van der Waals surface area contributed by atoms with Crippen LogP contribution in [-0.4, -0.2) is 10.6 Å². The molecule has 68 valence electrons. The van der Waals surface area contributed by atoms with Gasteiger partial charge in [-0.2, -0.15) is 0 Å². The molecule has 0 radical (unpaired) electrons. The Hall–Kier alpha value is 0.150. The molecule has 0 N–H and O–H groups in total. The van der Waals surface area contributed by atoms with E-state index in [1.54, 1.807) is 0 Å². The lowest BCUT2D eigenvalue weighted by molar-refractivity contribution is -0.122. The lowest BCUT2D eigenvalue weighted by Gasteiger charge is -2.37. The summed E-state index contributed by atoms with van der Waals surface area (Å²) in [6.45, 7) is 0. The van der Waals surface area contributed by atoms with Crippen molar-refractivity contribution >= 4 is 21.7 Å². The molecule has 2 aliphatic carbocycles. The lowest BCUT2D eigenvalue weighted by Crippen LogP contribution is -2.37. The van der Waals surface area contributed by atoms with Crippen LogP contribution >= 0.6 is 15.9 Å². The van der Waals surface area contributed by atoms with Crippen molar-refractivity contribution in [2.75, 3.05) is 0 Å². The van der Waals surface area contributed by atoms with Crippen LogP contribution in [-0.2, 0) is 4.79 Å². The Morgan fingerprint density at radius 3 is 2.75 bits per heavy atom. The van der Waals surface area contributed by atoms with Crippen molar-refractivity contribution in [3.63, 3.8) is 0 Å². The highest BCUT2D eigenvalue weighted by Crippen LogP contribution is 2.41. The Morgan fingerprint density at radius 2 is 1.92 bits per heavy atom. The molecule has 2 rings (SSSR count). The van der Waals surface area contributed by atoms with Gasteiger partial charge in [0.05, 0.1) is 4.83 Å². The number of halogens is 1. The fourth-order valence-corrected chi connectivity index (χ4v) is 3.61. The molecule has 0 aromatic rings. The summed E-state index contributed by atoms with van der Waals surface area (Å²) >= 11 is 3.55. The number of hydrogen-bond acceptors (Lipinski definition) is 1. The molecule has 0 amide bonds. The van der Waals surface area contributed by atoms with Crippen LogP contribution in [0.4, 0.5) is 0 Å². The fraction of sp³-hybridized carbons (Fsp3) is 0.900. The van der Waals surface area contributed by atoms with E-state index in [0.29, 0.717) is 11.7 Å². The molecule has 3 atom stereocenters. The average Bonchev–Trinajstić information content (AvgIpc) is 2.12. The smallest absolute Gasteiger partial charge is 0.146 e. The van der Waals surface area contributed by atoms with Gasteiger partial charge in [0.1, 0.15) is 5.78 Å². The van der Waals surface area contributed by atoms with Crippen LogP contribution in [0.2, 0.25) is 0 Å². The number of alkyl halides is 1. The third kappa shape index (κ3) is 1.46. The standard InChI is InChI=1S/C10H15BrO/c11-10-8-4-2-1-3-7(8)5-6-9(10)12/h7-8,10H,1-6H2/t7-,8+,10-/m1/s1. The molecular weight excluding hydrogens is 216 g/mol. The molecule has 0 spiro atoms. The highest BCUT2D eigenvalue weighted by Gasteiger charge is 2.37. The maximum Gasteiger partial charge on any atom is 0.146 e. The molecule has 0 heterocycles. The monoisotopic (exact) mass is 230 g/mol. The van der Waals surface area contributed by atoms with Gasteiger partial charge in [0.2, 0.25) is 0 Å². The highest BCUT2D eigenvalue weighted by molar-refractivity contribution is 9.10. The largest absolute Gasteiger partial charge is 0.298 e. The lowest BCUT2D eigenvalue weighted by atomic mass is 9.70. The summed E-state index contributed by atoms with van der Waals surface area (Å²) in [6, 6.07) is 0. The van der Waals surface area contributed by atoms with Gasteiger partial charge in [0.25, 0.3) is 0 Å². The maximum absolute atomic E-state index is 11.4. The predicted octanol–water partition coefficient (Wildman–Crippen LogP) is 2.92. The van der Waals surface area contributed by atoms with Crippen molar-refractivity contribution in [2.45, 2.75) is 43.4 Å². The molecule has 12 heavy (non-hydrogen) atoms. The molecule has 1 nitrogen and oxygen atoms in total. The second-order valence-corrected chi connectivity index (χ2v) is 5.10. The molecule has 0 aromatic carbocycles. The van der Waals surface area contributed by atoms with Crippen LogP contribution in [0.5, 0.6) is 0 Å². The Kier molecular flexibility index (Phi) is 2.54. The number of rotatable bonds is 0. The van der Waals surface area contributed by atoms with Gasteiger partial charge in [-0.3, -0.25) is 4.79 Å². The van der Waals surface area contributed by atoms with Crippen LogP contribution in [0.1, 0.15) is 38.5 Å². The van der Waals surface area contributed by atoms with E-state index < -0.39 is 0 Å². The minimum atomic E-state index is 0.191. The number of Topliss-reactive ketones (excluding diaryl/α,β-unsaturated/α-hetero) is 1. The van der Waals surface area contributed by atoms with Gasteiger partial charge in [-0.05, 0) is 24.7 Å². The van der Waals surface area contributed by atoms with Crippen molar-refractivity contribution in [3.8, 4) is 0 Å². The first-order valence-electron chi connectivity index (χ1n) is 4.96. The zero-order valence-corrected chi connectivity index (χ0v) is 8.85. The summed E-state index contributed by atoms with van der Waals surface area (Å²) in [5.41, 5.74) is 0. The van der Waals surface area contributed by atoms with Crippen LogP contribution in [0.25, 0.3) is 0 Å². The second kappa shape index (κ2) is 3.49. The van der Waals surface area contributed by atoms with Gasteiger partial charge in [0, 0.05) is 6.42 Å². The molecule has 0 unspecified atom stereocenters. The first kappa shape index (κ1) is 8.74. The Morgan fingerprint density at radius 1 is 1.17 bits per heavy atom. The molecule has 0 saturated heterocycles. The van der Waals surface area contributed by atoms with Crippen LogP contribution in [0.3, 0.4) is 0 Å². The zero-order valence-electron chi connectivity index (χ0n) is 7.26. The van der Waals surface area contributed by atoms with Crippen molar-refractivity contribution in [2.24, 2.45) is 11.8 Å². The summed E-state index contributed by atoms with van der Waals surface area (Å²) in [5.74, 6) is 1.96. The summed E-state index contributed by atoms with van der Waals surface area (Å²) in [5, 5.41) is 0. The van der Waals surface area contributed by atoms with E-state index in [1.165, 1.54) is 25.7 Å². The quantitative estimate of drug-likeness (QED) is 0.586.